The van der Waals surface area contributed by atoms with E-state index in [0.29, 0.717) is 0 Å². The molecular formula is C6H14NO4Tl. The van der Waals surface area contributed by atoms with Gasteiger partial charge in [0.25, 0.3) is 0 Å². The van der Waals surface area contributed by atoms with Crippen LogP contribution >= 0.6 is 0 Å². The zero-order valence-electron chi connectivity index (χ0n) is 7.41. The van der Waals surface area contributed by atoms with E-state index in [1.54, 1.807) is 0 Å². The number of nitrogens with two attached hydrogens (primary N) is 1. The van der Waals surface area contributed by atoms with E-state index in [1.807, 2.05) is 4.48 Å². The van der Waals surface area contributed by atoms with Gasteiger partial charge in [-0.2, -0.15) is 0 Å². The summed E-state index contributed by atoms with van der Waals surface area (Å²) in [5.41, 5.74) is 0. The van der Waals surface area contributed by atoms with Crippen LogP contribution in [0.1, 0.15) is 0 Å². The Balaban J connectivity index is 3.50. The predicted octanol–water partition coefficient (Wildman–Crippen LogP) is -0.487. The summed E-state index contributed by atoms with van der Waals surface area (Å²) < 4.78 is 11.7. The Hall–Kier alpha value is 0.272. The fourth-order valence-corrected chi connectivity index (χ4v) is 1.83. The Morgan fingerprint density at radius 1 is 1.58 bits per heavy atom. The van der Waals surface area contributed by atoms with Gasteiger partial charge in [0, 0.05) is 0 Å². The third-order valence-corrected chi connectivity index (χ3v) is 4.37. The molecule has 6 heteroatoms. The molecule has 70 valence electrons. The summed E-state index contributed by atoms with van der Waals surface area (Å²) in [6.45, 7) is 0.477. The van der Waals surface area contributed by atoms with E-state index < -0.39 is 24.2 Å². The second-order valence-electron chi connectivity index (χ2n) is 2.23. The van der Waals surface area contributed by atoms with Crippen molar-refractivity contribution in [3.63, 3.8) is 0 Å². The molecular weight excluding hydrogens is 354 g/mol. The van der Waals surface area contributed by atoms with Crippen molar-refractivity contribution in [2.75, 3.05) is 20.3 Å². The Kier molecular flexibility index (Phi) is 8.08. The number of methoxy groups -OCH3 is 1. The van der Waals surface area contributed by atoms with Crippen molar-refractivity contribution in [3.8, 4) is 0 Å². The molecule has 1 unspecified atom stereocenters. The van der Waals surface area contributed by atoms with E-state index in [9.17, 15) is 4.79 Å². The molecule has 0 aliphatic carbocycles. The molecule has 0 saturated carbocycles. The second kappa shape index (κ2) is 7.90. The first-order chi connectivity index (χ1) is 5.74. The molecule has 0 aromatic rings. The minimum absolute atomic E-state index is 0.0333. The number of ether oxygens (including phenoxy) is 2. The van der Waals surface area contributed by atoms with Crippen LogP contribution in [0.25, 0.3) is 0 Å². The first kappa shape index (κ1) is 12.3. The average Bonchev–Trinajstić information content (AvgIpc) is 2.11. The van der Waals surface area contributed by atoms with Gasteiger partial charge in [0.05, 0.1) is 0 Å². The monoisotopic (exact) mass is 369 g/mol. The Morgan fingerprint density at radius 2 is 2.25 bits per heavy atom. The molecule has 0 rings (SSSR count). The van der Waals surface area contributed by atoms with Gasteiger partial charge in [0.15, 0.2) is 0 Å². The molecule has 0 saturated heterocycles. The van der Waals surface area contributed by atoms with Gasteiger partial charge in [-0.1, -0.05) is 0 Å². The molecule has 0 spiro atoms. The van der Waals surface area contributed by atoms with Gasteiger partial charge >= 0.3 is 83.7 Å². The number of hydrogen-bond donors (Lipinski definition) is 1. The van der Waals surface area contributed by atoms with Gasteiger partial charge in [-0.05, 0) is 0 Å². The number of hydrogen-bond acceptors (Lipinski definition) is 5. The van der Waals surface area contributed by atoms with Crippen molar-refractivity contribution in [2.24, 2.45) is 5.90 Å². The molecule has 2 N–H and O–H groups in total. The van der Waals surface area contributed by atoms with E-state index in [1.165, 1.54) is 7.11 Å². The van der Waals surface area contributed by atoms with Gasteiger partial charge in [-0.3, -0.25) is 0 Å². The molecule has 0 fully saturated rings. The summed E-state index contributed by atoms with van der Waals surface area (Å²) in [4.78, 5) is 15.1. The van der Waals surface area contributed by atoms with E-state index in [0.717, 1.165) is 0 Å². The number of carbonyl (C=O) groups is 1. The molecule has 0 aromatic carbocycles. The zero-order chi connectivity index (χ0) is 9.40. The van der Waals surface area contributed by atoms with E-state index >= 15 is 0 Å². The molecule has 5 nitrogen and oxygen atoms in total. The van der Waals surface area contributed by atoms with Gasteiger partial charge in [-0.15, -0.1) is 0 Å². The average molecular weight is 369 g/mol. The fourth-order valence-electron chi connectivity index (χ4n) is 0.579. The summed E-state index contributed by atoms with van der Waals surface area (Å²) >= 11 is -1.36. The van der Waals surface area contributed by atoms with Crippen LogP contribution in [0, 0.1) is 0 Å². The Morgan fingerprint density at radius 3 is 2.67 bits per heavy atom. The van der Waals surface area contributed by atoms with Crippen molar-refractivity contribution in [1.82, 2.24) is 0 Å². The van der Waals surface area contributed by atoms with Crippen molar-refractivity contribution < 1.29 is 19.1 Å². The molecule has 12 heavy (non-hydrogen) atoms. The van der Waals surface area contributed by atoms with Crippen LogP contribution < -0.4 is 5.90 Å². The second-order valence-corrected chi connectivity index (χ2v) is 7.22. The molecule has 0 aromatic heterocycles. The molecule has 0 aliphatic rings. The molecule has 0 bridgehead atoms. The van der Waals surface area contributed by atoms with E-state index in [-0.39, 0.29) is 22.8 Å². The SMILES string of the molecule is COC(CON)CO[C](=O)[TlH][CH3]. The molecule has 0 amide bonds. The summed E-state index contributed by atoms with van der Waals surface area (Å²) in [5, 5.41) is 0. The van der Waals surface area contributed by atoms with Crippen LogP contribution in [0.2, 0.25) is 4.48 Å². The summed E-state index contributed by atoms with van der Waals surface area (Å²) in [7, 11) is 1.52. The fraction of sp³-hybridized carbons (Fsp3) is 0.833. The standard InChI is InChI=1S/C5H10NO4.CH3.Tl.H/c1-8-5(3-10-6)2-9-4-7;;;/h5H,2-3,6H2,1H3;1H3;;. The molecule has 0 aliphatic heterocycles. The molecule has 1 atom stereocenters. The minimum atomic E-state index is -1.36. The van der Waals surface area contributed by atoms with Crippen molar-refractivity contribution >= 4 is 27.8 Å². The third kappa shape index (κ3) is 5.86. The van der Waals surface area contributed by atoms with Gasteiger partial charge in [0.1, 0.15) is 0 Å². The zero-order valence-corrected chi connectivity index (χ0v) is 12.9. The van der Waals surface area contributed by atoms with Gasteiger partial charge in [0.2, 0.25) is 0 Å². The maximum atomic E-state index is 10.8. The number of rotatable bonds is 6. The van der Waals surface area contributed by atoms with Crippen LogP contribution in [-0.2, 0) is 14.3 Å². The normalized spacial score (nSPS) is 12.2. The quantitative estimate of drug-likeness (QED) is 0.506. The molecule has 0 radical (unpaired) electrons. The van der Waals surface area contributed by atoms with Crippen LogP contribution in [0.15, 0.2) is 0 Å². The van der Waals surface area contributed by atoms with Crippen LogP contribution in [0.5, 0.6) is 0 Å². The topological polar surface area (TPSA) is 70.8 Å². The first-order valence-corrected chi connectivity index (χ1v) is 12.0. The van der Waals surface area contributed by atoms with E-state index in [4.69, 9.17) is 15.4 Å². The maximum absolute atomic E-state index is 10.8. The molecule has 0 heterocycles. The Labute approximate surface area is 83.7 Å². The van der Waals surface area contributed by atoms with Crippen molar-refractivity contribution in [1.29, 1.82) is 0 Å². The van der Waals surface area contributed by atoms with Gasteiger partial charge in [-0.25, -0.2) is 0 Å². The van der Waals surface area contributed by atoms with E-state index in [2.05, 4.69) is 4.84 Å². The van der Waals surface area contributed by atoms with Crippen molar-refractivity contribution in [3.05, 3.63) is 0 Å². The third-order valence-electron chi connectivity index (χ3n) is 1.33. The number of carbonyl (C=O) groups excluding carboxylic acids is 1. The summed E-state index contributed by atoms with van der Waals surface area (Å²) in [6.07, 6.45) is -0.251. The predicted molar refractivity (Wildman–Crippen MR) is 45.3 cm³/mol. The van der Waals surface area contributed by atoms with Crippen LogP contribution in [0.4, 0.5) is 4.79 Å². The summed E-state index contributed by atoms with van der Waals surface area (Å²) in [6, 6.07) is 0. The van der Waals surface area contributed by atoms with Crippen molar-refractivity contribution in [2.45, 2.75) is 10.6 Å². The first-order valence-electron chi connectivity index (χ1n) is 3.74. The van der Waals surface area contributed by atoms with Crippen LogP contribution in [-0.4, -0.2) is 54.2 Å². The van der Waals surface area contributed by atoms with Crippen LogP contribution in [0.3, 0.4) is 0 Å². The van der Waals surface area contributed by atoms with Gasteiger partial charge < -0.3 is 0 Å². The summed E-state index contributed by atoms with van der Waals surface area (Å²) in [5.74, 6) is 4.84. The Bertz CT molecular complexity index is 133.